The number of rotatable bonds is 0. The first-order valence-corrected chi connectivity index (χ1v) is 8.20. The fourth-order valence-electron chi connectivity index (χ4n) is 0.236. The molecule has 1 heterocycles. The van der Waals surface area contributed by atoms with Gasteiger partial charge >= 0.3 is 62.3 Å². The van der Waals surface area contributed by atoms with Crippen LogP contribution < -0.4 is 0 Å². The van der Waals surface area contributed by atoms with Crippen molar-refractivity contribution < 1.29 is 54.5 Å². The summed E-state index contributed by atoms with van der Waals surface area (Å²) in [6, 6.07) is 0. The molecule has 0 aromatic rings. The normalized spacial score (nSPS) is 37.9. The van der Waals surface area contributed by atoms with Crippen LogP contribution in [0.5, 0.6) is 0 Å². The Labute approximate surface area is 62.9 Å². The van der Waals surface area contributed by atoms with Crippen LogP contribution in [0, 0.1) is 0 Å². The zero-order valence-electron chi connectivity index (χ0n) is 4.57. The monoisotopic (exact) mass is 360 g/mol. The van der Waals surface area contributed by atoms with Gasteiger partial charge in [-0.2, -0.15) is 0 Å². The third kappa shape index (κ3) is 3.02. The van der Waals surface area contributed by atoms with Gasteiger partial charge in [-0.05, 0) is 0 Å². The van der Waals surface area contributed by atoms with Crippen LogP contribution in [0.15, 0.2) is 0 Å². The van der Waals surface area contributed by atoms with Crippen molar-refractivity contribution >= 4 is 7.82 Å². The summed E-state index contributed by atoms with van der Waals surface area (Å²) in [5.41, 5.74) is 0. The SMILES string of the molecule is O=P1(O)OOO[O][W](=[O])(=[O])[O]1. The van der Waals surface area contributed by atoms with E-state index in [1.165, 1.54) is 0 Å². The molecule has 0 saturated carbocycles. The van der Waals surface area contributed by atoms with E-state index in [0.717, 1.165) is 0 Å². The first kappa shape index (κ1) is 9.37. The Bertz CT molecular complexity index is 272. The van der Waals surface area contributed by atoms with Crippen LogP contribution in [0.1, 0.15) is 0 Å². The van der Waals surface area contributed by atoms with E-state index >= 15 is 0 Å². The average molecular weight is 360 g/mol. The van der Waals surface area contributed by atoms with Crippen LogP contribution in [-0.4, -0.2) is 4.89 Å². The predicted octanol–water partition coefficient (Wildman–Crippen LogP) is -0.397. The number of hydrogen-bond donors (Lipinski definition) is 1. The van der Waals surface area contributed by atoms with E-state index in [2.05, 4.69) is 21.5 Å². The van der Waals surface area contributed by atoms with Crippen molar-refractivity contribution in [3.8, 4) is 0 Å². The van der Waals surface area contributed by atoms with Crippen molar-refractivity contribution in [1.82, 2.24) is 0 Å². The standard InChI is InChI=1S/H3O7P.2O.W/c1-5-6-7-8(2,3)4;;;/h1H,(H2,2,3,4);;;/q;;;+2/p-2. The second-order valence-electron chi connectivity index (χ2n) is 1.23. The van der Waals surface area contributed by atoms with Crippen molar-refractivity contribution in [2.45, 2.75) is 0 Å². The molecule has 11 heavy (non-hydrogen) atoms. The van der Waals surface area contributed by atoms with Crippen molar-refractivity contribution in [3.05, 3.63) is 0 Å². The Hall–Kier alpha value is 0.278. The Morgan fingerprint density at radius 1 is 1.27 bits per heavy atom. The van der Waals surface area contributed by atoms with Gasteiger partial charge in [-0.15, -0.1) is 0 Å². The number of phosphoric acid groups is 1. The number of hydrogen-bond acceptors (Lipinski definition) is 8. The van der Waals surface area contributed by atoms with Gasteiger partial charge in [0.05, 0.1) is 0 Å². The Kier molecular flexibility index (Phi) is 2.52. The molecular weight excluding hydrogens is 359 g/mol. The minimum atomic E-state index is -5.95. The molecule has 1 unspecified atom stereocenters. The van der Waals surface area contributed by atoms with Gasteiger partial charge < -0.3 is 0 Å². The third-order valence-corrected chi connectivity index (χ3v) is 5.87. The van der Waals surface area contributed by atoms with Gasteiger partial charge in [-0.3, -0.25) is 0 Å². The van der Waals surface area contributed by atoms with E-state index in [1.54, 1.807) is 0 Å². The topological polar surface area (TPSA) is 118 Å². The minimum absolute atomic E-state index is 3.33. The molecule has 1 rings (SSSR count). The first-order chi connectivity index (χ1) is 4.91. The van der Waals surface area contributed by atoms with Gasteiger partial charge in [0.2, 0.25) is 0 Å². The molecule has 1 aliphatic rings. The van der Waals surface area contributed by atoms with Gasteiger partial charge in [0.1, 0.15) is 0 Å². The maximum absolute atomic E-state index is 10.3. The van der Waals surface area contributed by atoms with E-state index in [1.807, 2.05) is 0 Å². The van der Waals surface area contributed by atoms with E-state index in [-0.39, 0.29) is 0 Å². The summed E-state index contributed by atoms with van der Waals surface area (Å²) < 4.78 is 41.4. The van der Waals surface area contributed by atoms with Gasteiger partial charge in [0, 0.05) is 0 Å². The summed E-state index contributed by atoms with van der Waals surface area (Å²) in [7, 11) is -4.76. The van der Waals surface area contributed by atoms with Gasteiger partial charge in [0.15, 0.2) is 0 Å². The van der Waals surface area contributed by atoms with Crippen LogP contribution in [-0.2, 0) is 49.6 Å². The Morgan fingerprint density at radius 3 is 2.55 bits per heavy atom. The fraction of sp³-hybridized carbons (Fsp3) is 0. The third-order valence-electron chi connectivity index (χ3n) is 0.449. The molecule has 1 saturated heterocycles. The summed E-state index contributed by atoms with van der Waals surface area (Å²) in [4.78, 5) is 8.37. The summed E-state index contributed by atoms with van der Waals surface area (Å²) in [6.45, 7) is 0. The van der Waals surface area contributed by atoms with Crippen LogP contribution in [0.3, 0.4) is 0 Å². The molecule has 1 atom stereocenters. The molecule has 0 spiro atoms. The van der Waals surface area contributed by atoms with E-state index in [9.17, 15) is 11.4 Å². The second kappa shape index (κ2) is 2.96. The first-order valence-electron chi connectivity index (χ1n) is 1.91. The summed E-state index contributed by atoms with van der Waals surface area (Å²) in [5, 5.41) is 6.67. The summed E-state index contributed by atoms with van der Waals surface area (Å²) in [6.07, 6.45) is 0. The van der Waals surface area contributed by atoms with Crippen LogP contribution >= 0.6 is 7.82 Å². The van der Waals surface area contributed by atoms with Crippen LogP contribution in [0.4, 0.5) is 0 Å². The van der Waals surface area contributed by atoms with E-state index in [4.69, 9.17) is 4.89 Å². The van der Waals surface area contributed by atoms with Crippen molar-refractivity contribution in [1.29, 1.82) is 0 Å². The molecule has 1 aliphatic heterocycles. The molecule has 66 valence electrons. The Morgan fingerprint density at radius 2 is 1.91 bits per heavy atom. The predicted molar refractivity (Wildman–Crippen MR) is 16.6 cm³/mol. The second-order valence-corrected chi connectivity index (χ2v) is 7.49. The van der Waals surface area contributed by atoms with Crippen molar-refractivity contribution in [2.75, 3.05) is 0 Å². The van der Waals surface area contributed by atoms with E-state index in [0.29, 0.717) is 0 Å². The maximum atomic E-state index is 10.3. The van der Waals surface area contributed by atoms with Gasteiger partial charge in [0.25, 0.3) is 0 Å². The zero-order chi connectivity index (χ0) is 8.54. The molecular formula is HO9PW. The zero-order valence-corrected chi connectivity index (χ0v) is 8.40. The van der Waals surface area contributed by atoms with Crippen molar-refractivity contribution in [3.63, 3.8) is 0 Å². The molecule has 0 aromatic carbocycles. The molecule has 0 amide bonds. The van der Waals surface area contributed by atoms with Gasteiger partial charge in [-0.1, -0.05) is 0 Å². The summed E-state index contributed by atoms with van der Waals surface area (Å²) >= 11 is -5.95. The van der Waals surface area contributed by atoms with Gasteiger partial charge in [-0.25, -0.2) is 0 Å². The Balaban J connectivity index is 2.87. The van der Waals surface area contributed by atoms with E-state index < -0.39 is 24.6 Å². The molecule has 9 nitrogen and oxygen atoms in total. The molecule has 0 bridgehead atoms. The molecule has 0 aliphatic carbocycles. The average Bonchev–Trinajstić information content (AvgIpc) is 1.86. The van der Waals surface area contributed by atoms with Crippen LogP contribution in [0.2, 0.25) is 0 Å². The molecule has 1 fully saturated rings. The molecule has 1 N–H and O–H groups in total. The molecule has 11 heteroatoms. The fourth-order valence-corrected chi connectivity index (χ4v) is 3.97. The van der Waals surface area contributed by atoms with Crippen LogP contribution in [0.25, 0.3) is 0 Å². The summed E-state index contributed by atoms with van der Waals surface area (Å²) in [5.74, 6) is 0. The molecule has 0 aromatic heterocycles. The molecule has 0 radical (unpaired) electrons. The quantitative estimate of drug-likeness (QED) is 0.455. The van der Waals surface area contributed by atoms with Crippen molar-refractivity contribution in [2.24, 2.45) is 0 Å².